The van der Waals surface area contributed by atoms with Crippen LogP contribution < -0.4 is 14.8 Å². The lowest BCUT2D eigenvalue weighted by Crippen LogP contribution is -2.29. The summed E-state index contributed by atoms with van der Waals surface area (Å²) >= 11 is 0. The molecule has 2 heterocycles. The summed E-state index contributed by atoms with van der Waals surface area (Å²) in [5.41, 5.74) is 8.88. The largest absolute Gasteiger partial charge is 0.497 e. The Morgan fingerprint density at radius 3 is 1.38 bits per heavy atom. The molecule has 264 valence electrons. The molecule has 0 aliphatic carbocycles. The fourth-order valence-electron chi connectivity index (χ4n) is 6.44. The average molecular weight is 703 g/mol. The van der Waals surface area contributed by atoms with Gasteiger partial charge in [0.2, 0.25) is 0 Å². The van der Waals surface area contributed by atoms with E-state index < -0.39 is 12.1 Å². The Morgan fingerprint density at radius 2 is 0.981 bits per heavy atom. The van der Waals surface area contributed by atoms with Crippen LogP contribution in [0.2, 0.25) is 0 Å². The summed E-state index contributed by atoms with van der Waals surface area (Å²) in [7, 11) is 1.65. The van der Waals surface area contributed by atoms with Gasteiger partial charge in [0, 0.05) is 5.92 Å². The van der Waals surface area contributed by atoms with Gasteiger partial charge in [-0.1, -0.05) is 72.8 Å². The zero-order chi connectivity index (χ0) is 37.1. The first-order valence-corrected chi connectivity index (χ1v) is 17.3. The van der Waals surface area contributed by atoms with Crippen molar-refractivity contribution in [3.8, 4) is 5.75 Å². The zero-order valence-corrected chi connectivity index (χ0v) is 30.1. The fraction of sp³-hybridized carbons (Fsp3) is 0.190. The maximum Gasteiger partial charge on any atom is 0.280 e. The van der Waals surface area contributed by atoms with E-state index in [1.807, 2.05) is 111 Å². The molecular weight excluding hydrogens is 665 g/mol. The molecule has 7 rings (SSSR count). The van der Waals surface area contributed by atoms with E-state index in [1.54, 1.807) is 21.0 Å². The van der Waals surface area contributed by atoms with Gasteiger partial charge in [0.1, 0.15) is 5.75 Å². The number of benzene rings is 5. The molecule has 5 aromatic carbocycles. The number of aryl methyl sites for hydroxylation is 2. The normalized spacial score (nSPS) is 17.9. The lowest BCUT2D eigenvalue weighted by atomic mass is 9.83. The Labute approximate surface area is 308 Å². The van der Waals surface area contributed by atoms with Crippen molar-refractivity contribution in [1.29, 1.82) is 0 Å². The second-order valence-electron chi connectivity index (χ2n) is 13.0. The topological polar surface area (TPSA) is 124 Å². The minimum absolute atomic E-state index is 0.134. The number of amides is 2. The average Bonchev–Trinajstić information content (AvgIpc) is 3.63. The summed E-state index contributed by atoms with van der Waals surface area (Å²) in [5.74, 6) is 0.156. The number of nitrogens with zero attached hydrogens (tertiary/aromatic N) is 8. The third-order valence-corrected chi connectivity index (χ3v) is 9.31. The van der Waals surface area contributed by atoms with Crippen LogP contribution in [0.15, 0.2) is 152 Å². The first kappa shape index (κ1) is 34.8. The second kappa shape index (κ2) is 14.9. The smallest absolute Gasteiger partial charge is 0.280 e. The van der Waals surface area contributed by atoms with E-state index in [1.165, 1.54) is 10.0 Å². The van der Waals surface area contributed by atoms with Crippen LogP contribution in [0.4, 0.5) is 22.7 Å². The number of carbonyl (C=O) groups excluding carboxylic acids is 2. The van der Waals surface area contributed by atoms with Gasteiger partial charge in [0.15, 0.2) is 12.1 Å². The summed E-state index contributed by atoms with van der Waals surface area (Å²) in [6, 6.07) is 37.2. The maximum atomic E-state index is 13.2. The molecule has 2 aliphatic rings. The molecule has 0 radical (unpaired) electrons. The zero-order valence-electron chi connectivity index (χ0n) is 30.1. The Hall–Kier alpha value is -6.62. The number of para-hydroxylation sites is 2. The Morgan fingerprint density at radius 1 is 0.566 bits per heavy atom. The molecule has 2 unspecified atom stereocenters. The van der Waals surface area contributed by atoms with E-state index in [0.717, 1.165) is 33.6 Å². The molecular formula is C42H38N8O3. The van der Waals surface area contributed by atoms with Crippen LogP contribution in [0.1, 0.15) is 47.6 Å². The lowest BCUT2D eigenvalue weighted by Gasteiger charge is -2.21. The van der Waals surface area contributed by atoms with Gasteiger partial charge in [-0.2, -0.15) is 40.7 Å². The third-order valence-electron chi connectivity index (χ3n) is 9.31. The van der Waals surface area contributed by atoms with Crippen LogP contribution in [0, 0.1) is 13.8 Å². The van der Waals surface area contributed by atoms with Crippen molar-refractivity contribution in [3.63, 3.8) is 0 Å². The van der Waals surface area contributed by atoms with E-state index in [0.29, 0.717) is 34.2 Å². The predicted octanol–water partition coefficient (Wildman–Crippen LogP) is 9.24. The van der Waals surface area contributed by atoms with E-state index in [4.69, 9.17) is 4.74 Å². The number of hydrogen-bond acceptors (Lipinski definition) is 9. The first-order chi connectivity index (χ1) is 25.7. The standard InChI is InChI=1S/C42H38N8O3/c1-26-24-31(18-22-36(26)43-45-39-28(3)47-49(41(39)51)33-12-8-6-9-13-33)38(30-16-20-35(53-5)21-17-30)32-19-23-37(27(2)25-32)44-46-40-29(4)48-50(42(40)52)34-14-10-7-11-15-34/h6-25,38-40H,1-5H3. The second-order valence-corrected chi connectivity index (χ2v) is 13.0. The lowest BCUT2D eigenvalue weighted by molar-refractivity contribution is -0.118. The van der Waals surface area contributed by atoms with Crippen LogP contribution in [-0.2, 0) is 9.59 Å². The van der Waals surface area contributed by atoms with Gasteiger partial charge in [-0.15, -0.1) is 0 Å². The van der Waals surface area contributed by atoms with Crippen molar-refractivity contribution in [2.75, 3.05) is 17.1 Å². The van der Waals surface area contributed by atoms with Gasteiger partial charge in [-0.25, -0.2) is 0 Å². The van der Waals surface area contributed by atoms with Crippen LogP contribution in [0.5, 0.6) is 5.75 Å². The van der Waals surface area contributed by atoms with E-state index in [9.17, 15) is 9.59 Å². The highest BCUT2D eigenvalue weighted by atomic mass is 16.5. The van der Waals surface area contributed by atoms with Gasteiger partial charge in [-0.3, -0.25) is 9.59 Å². The number of hydrogen-bond donors (Lipinski definition) is 0. The number of azo groups is 2. The maximum absolute atomic E-state index is 13.2. The Balaban J connectivity index is 1.14. The monoisotopic (exact) mass is 702 g/mol. The molecule has 53 heavy (non-hydrogen) atoms. The van der Waals surface area contributed by atoms with Crippen LogP contribution in [-0.4, -0.2) is 42.4 Å². The molecule has 0 fully saturated rings. The van der Waals surface area contributed by atoms with Crippen LogP contribution >= 0.6 is 0 Å². The Bertz CT molecular complexity index is 2150. The van der Waals surface area contributed by atoms with Gasteiger partial charge in [0.25, 0.3) is 11.8 Å². The first-order valence-electron chi connectivity index (χ1n) is 17.3. The van der Waals surface area contributed by atoms with Crippen molar-refractivity contribution in [3.05, 3.63) is 149 Å². The summed E-state index contributed by atoms with van der Waals surface area (Å²) in [4.78, 5) is 26.4. The van der Waals surface area contributed by atoms with Gasteiger partial charge in [0.05, 0.1) is 41.3 Å². The van der Waals surface area contributed by atoms with Crippen LogP contribution in [0.3, 0.4) is 0 Å². The van der Waals surface area contributed by atoms with E-state index in [-0.39, 0.29) is 17.7 Å². The van der Waals surface area contributed by atoms with Gasteiger partial charge < -0.3 is 4.74 Å². The van der Waals surface area contributed by atoms with Crippen molar-refractivity contribution in [2.24, 2.45) is 30.7 Å². The third kappa shape index (κ3) is 7.14. The minimum atomic E-state index is -0.786. The number of rotatable bonds is 10. The van der Waals surface area contributed by atoms with E-state index >= 15 is 0 Å². The molecule has 2 atom stereocenters. The summed E-state index contributed by atoms with van der Waals surface area (Å²) in [6.45, 7) is 7.55. The predicted molar refractivity (Wildman–Crippen MR) is 207 cm³/mol. The Kier molecular flexibility index (Phi) is 9.80. The fourth-order valence-corrected chi connectivity index (χ4v) is 6.44. The number of hydrazone groups is 2. The molecule has 0 saturated heterocycles. The number of carbonyl (C=O) groups is 2. The number of anilines is 2. The number of ether oxygens (including phenoxy) is 1. The van der Waals surface area contributed by atoms with E-state index in [2.05, 4.69) is 54.9 Å². The molecule has 0 aromatic heterocycles. The van der Waals surface area contributed by atoms with Crippen LogP contribution in [0.25, 0.3) is 0 Å². The SMILES string of the molecule is COc1ccc(C(c2ccc(N=NC3C(=O)N(c4ccccc4)N=C3C)c(C)c2)c2ccc(N=NC3C(=O)N(c4ccccc4)N=C3C)c(C)c2)cc1. The summed E-state index contributed by atoms with van der Waals surface area (Å²) in [6.07, 6.45) is 0. The summed E-state index contributed by atoms with van der Waals surface area (Å²) in [5, 5.41) is 29.6. The van der Waals surface area contributed by atoms with Crippen molar-refractivity contribution in [1.82, 2.24) is 0 Å². The molecule has 5 aromatic rings. The van der Waals surface area contributed by atoms with Gasteiger partial charge in [-0.05, 0) is 104 Å². The molecule has 0 bridgehead atoms. The number of methoxy groups -OCH3 is 1. The highest BCUT2D eigenvalue weighted by molar-refractivity contribution is 6.18. The molecule has 0 spiro atoms. The minimum Gasteiger partial charge on any atom is -0.497 e. The van der Waals surface area contributed by atoms with Crippen molar-refractivity contribution >= 4 is 46.0 Å². The molecule has 0 N–H and O–H groups in total. The molecule has 11 nitrogen and oxygen atoms in total. The molecule has 11 heteroatoms. The molecule has 0 saturated carbocycles. The van der Waals surface area contributed by atoms with Gasteiger partial charge >= 0.3 is 0 Å². The quantitative estimate of drug-likeness (QED) is 0.106. The highest BCUT2D eigenvalue weighted by Gasteiger charge is 2.36. The molecule has 2 aliphatic heterocycles. The highest BCUT2D eigenvalue weighted by Crippen LogP contribution is 2.37. The van der Waals surface area contributed by atoms with Crippen molar-refractivity contribution < 1.29 is 14.3 Å². The molecule has 2 amide bonds. The summed E-state index contributed by atoms with van der Waals surface area (Å²) < 4.78 is 5.45. The van der Waals surface area contributed by atoms with Crippen molar-refractivity contribution in [2.45, 2.75) is 45.7 Å².